The molecule has 0 aromatic heterocycles. The van der Waals surface area contributed by atoms with E-state index in [1.807, 2.05) is 0 Å². The van der Waals surface area contributed by atoms with Crippen LogP contribution >= 0.6 is 12.4 Å². The maximum Gasteiger partial charge on any atom is 0.254 e. The van der Waals surface area contributed by atoms with Gasteiger partial charge < -0.3 is 10.2 Å². The van der Waals surface area contributed by atoms with Gasteiger partial charge in [-0.3, -0.25) is 4.79 Å². The van der Waals surface area contributed by atoms with E-state index in [4.69, 9.17) is 0 Å². The first-order valence-corrected chi connectivity index (χ1v) is 7.73. The fraction of sp³-hybridized carbons (Fsp3) is 0.562. The quantitative estimate of drug-likeness (QED) is 0.833. The monoisotopic (exact) mass is 348 g/mol. The van der Waals surface area contributed by atoms with Crippen LogP contribution in [0.15, 0.2) is 12.1 Å². The van der Waals surface area contributed by atoms with E-state index in [1.165, 1.54) is 12.8 Å². The Labute approximate surface area is 139 Å². The lowest BCUT2D eigenvalue weighted by Gasteiger charge is -2.35. The van der Waals surface area contributed by atoms with Crippen molar-refractivity contribution < 1.29 is 18.0 Å². The van der Waals surface area contributed by atoms with E-state index in [0.29, 0.717) is 25.0 Å². The number of amides is 1. The molecule has 2 saturated heterocycles. The topological polar surface area (TPSA) is 32.3 Å². The summed E-state index contributed by atoms with van der Waals surface area (Å²) in [6.07, 6.45) is 4.13. The summed E-state index contributed by atoms with van der Waals surface area (Å²) in [6.45, 7) is 2.20. The average molecular weight is 349 g/mol. The van der Waals surface area contributed by atoms with E-state index in [0.717, 1.165) is 31.5 Å². The third-order valence-electron chi connectivity index (χ3n) is 4.73. The lowest BCUT2D eigenvalue weighted by Crippen LogP contribution is -2.43. The van der Waals surface area contributed by atoms with Crippen LogP contribution in [-0.2, 0) is 0 Å². The molecule has 0 saturated carbocycles. The van der Waals surface area contributed by atoms with Crippen LogP contribution in [0.4, 0.5) is 13.2 Å². The summed E-state index contributed by atoms with van der Waals surface area (Å²) in [7, 11) is 0. The number of piperidine rings is 1. The minimum absolute atomic E-state index is 0. The van der Waals surface area contributed by atoms with Gasteiger partial charge in [0, 0.05) is 24.7 Å². The molecule has 23 heavy (non-hydrogen) atoms. The zero-order chi connectivity index (χ0) is 15.7. The van der Waals surface area contributed by atoms with Crippen molar-refractivity contribution in [2.45, 2.75) is 31.7 Å². The van der Waals surface area contributed by atoms with Crippen molar-refractivity contribution in [2.24, 2.45) is 5.92 Å². The van der Waals surface area contributed by atoms with E-state index < -0.39 is 23.4 Å². The number of nitrogens with zero attached hydrogens (tertiary/aromatic N) is 1. The Kier molecular flexibility index (Phi) is 5.92. The van der Waals surface area contributed by atoms with Crippen LogP contribution in [0.2, 0.25) is 0 Å². The van der Waals surface area contributed by atoms with Crippen LogP contribution in [-0.4, -0.2) is 36.5 Å². The highest BCUT2D eigenvalue weighted by atomic mass is 35.5. The van der Waals surface area contributed by atoms with Crippen molar-refractivity contribution in [1.82, 2.24) is 10.2 Å². The van der Waals surface area contributed by atoms with Gasteiger partial charge in [0.1, 0.15) is 0 Å². The van der Waals surface area contributed by atoms with Crippen LogP contribution < -0.4 is 5.32 Å². The minimum atomic E-state index is -1.54. The van der Waals surface area contributed by atoms with Gasteiger partial charge in [0.2, 0.25) is 0 Å². The van der Waals surface area contributed by atoms with Crippen LogP contribution in [0.1, 0.15) is 36.0 Å². The molecule has 1 N–H and O–H groups in total. The highest BCUT2D eigenvalue weighted by Crippen LogP contribution is 2.26. The number of hydrogen-bond donors (Lipinski definition) is 1. The standard InChI is InChI=1S/C16H19F3N2O.ClH/c17-12-8-11(9-13(18)15(12)19)16(22)21-6-3-10(4-7-21)14-2-1-5-20-14;/h8-10,14,20H,1-7H2;1H. The number of likely N-dealkylation sites (tertiary alicyclic amines) is 1. The first-order chi connectivity index (χ1) is 10.6. The van der Waals surface area contributed by atoms with E-state index in [1.54, 1.807) is 4.90 Å². The zero-order valence-electron chi connectivity index (χ0n) is 12.7. The molecule has 2 aliphatic heterocycles. The van der Waals surface area contributed by atoms with Crippen LogP contribution in [0.3, 0.4) is 0 Å². The molecule has 3 nitrogen and oxygen atoms in total. The van der Waals surface area contributed by atoms with Crippen LogP contribution in [0.25, 0.3) is 0 Å². The molecule has 1 atom stereocenters. The number of halogens is 4. The zero-order valence-corrected chi connectivity index (χ0v) is 13.5. The lowest BCUT2D eigenvalue weighted by molar-refractivity contribution is 0.0673. The highest BCUT2D eigenvalue weighted by molar-refractivity contribution is 5.94. The van der Waals surface area contributed by atoms with Crippen molar-refractivity contribution >= 4 is 18.3 Å². The molecule has 2 fully saturated rings. The lowest BCUT2D eigenvalue weighted by atomic mass is 9.88. The van der Waals surface area contributed by atoms with Gasteiger partial charge in [0.15, 0.2) is 17.5 Å². The van der Waals surface area contributed by atoms with Gasteiger partial charge in [-0.2, -0.15) is 0 Å². The van der Waals surface area contributed by atoms with Crippen molar-refractivity contribution in [2.75, 3.05) is 19.6 Å². The Morgan fingerprint density at radius 1 is 1.09 bits per heavy atom. The predicted molar refractivity (Wildman–Crippen MR) is 83.2 cm³/mol. The minimum Gasteiger partial charge on any atom is -0.339 e. The molecule has 2 aliphatic rings. The smallest absolute Gasteiger partial charge is 0.254 e. The molecule has 1 aromatic carbocycles. The highest BCUT2D eigenvalue weighted by Gasteiger charge is 2.30. The summed E-state index contributed by atoms with van der Waals surface area (Å²) < 4.78 is 39.4. The Hall–Kier alpha value is -1.27. The summed E-state index contributed by atoms with van der Waals surface area (Å²) in [5, 5.41) is 3.48. The van der Waals surface area contributed by atoms with Gasteiger partial charge in [-0.25, -0.2) is 13.2 Å². The second-order valence-electron chi connectivity index (χ2n) is 6.09. The Balaban J connectivity index is 0.00000192. The normalized spacial score (nSPS) is 22.0. The average Bonchev–Trinajstić information content (AvgIpc) is 3.06. The Bertz CT molecular complexity index is 547. The van der Waals surface area contributed by atoms with Gasteiger partial charge in [0.05, 0.1) is 0 Å². The molecule has 2 heterocycles. The van der Waals surface area contributed by atoms with Gasteiger partial charge in [-0.15, -0.1) is 12.4 Å². The Morgan fingerprint density at radius 3 is 2.22 bits per heavy atom. The molecule has 0 aliphatic carbocycles. The number of benzene rings is 1. The third-order valence-corrected chi connectivity index (χ3v) is 4.73. The SMILES string of the molecule is Cl.O=C(c1cc(F)c(F)c(F)c1)N1CCC(C2CCCN2)CC1. The molecular weight excluding hydrogens is 329 g/mol. The number of rotatable bonds is 2. The molecule has 3 rings (SSSR count). The van der Waals surface area contributed by atoms with Crippen molar-refractivity contribution in [3.05, 3.63) is 35.1 Å². The first kappa shape index (κ1) is 18.1. The second kappa shape index (κ2) is 7.53. The van der Waals surface area contributed by atoms with Gasteiger partial charge >= 0.3 is 0 Å². The summed E-state index contributed by atoms with van der Waals surface area (Å²) >= 11 is 0. The van der Waals surface area contributed by atoms with E-state index in [-0.39, 0.29) is 18.0 Å². The van der Waals surface area contributed by atoms with Crippen molar-refractivity contribution in [1.29, 1.82) is 0 Å². The fourth-order valence-electron chi connectivity index (χ4n) is 3.48. The largest absolute Gasteiger partial charge is 0.339 e. The predicted octanol–water partition coefficient (Wildman–Crippen LogP) is 3.13. The number of hydrogen-bond acceptors (Lipinski definition) is 2. The number of carbonyl (C=O) groups is 1. The van der Waals surface area contributed by atoms with E-state index >= 15 is 0 Å². The van der Waals surface area contributed by atoms with Crippen LogP contribution in [0, 0.1) is 23.4 Å². The fourth-order valence-corrected chi connectivity index (χ4v) is 3.48. The summed E-state index contributed by atoms with van der Waals surface area (Å²) in [5.74, 6) is -4.08. The van der Waals surface area contributed by atoms with Gasteiger partial charge in [-0.1, -0.05) is 0 Å². The van der Waals surface area contributed by atoms with Crippen molar-refractivity contribution in [3.63, 3.8) is 0 Å². The van der Waals surface area contributed by atoms with E-state index in [9.17, 15) is 18.0 Å². The van der Waals surface area contributed by atoms with Crippen LogP contribution in [0.5, 0.6) is 0 Å². The third kappa shape index (κ3) is 3.80. The summed E-state index contributed by atoms with van der Waals surface area (Å²) in [5.41, 5.74) is -0.131. The molecule has 1 unspecified atom stereocenters. The molecule has 0 radical (unpaired) electrons. The molecule has 1 aromatic rings. The summed E-state index contributed by atoms with van der Waals surface area (Å²) in [6, 6.07) is 2.06. The first-order valence-electron chi connectivity index (χ1n) is 7.73. The molecule has 7 heteroatoms. The second-order valence-corrected chi connectivity index (χ2v) is 6.09. The number of nitrogens with one attached hydrogen (secondary N) is 1. The summed E-state index contributed by atoms with van der Waals surface area (Å²) in [4.78, 5) is 13.9. The van der Waals surface area contributed by atoms with Crippen molar-refractivity contribution in [3.8, 4) is 0 Å². The molecular formula is C16H20ClF3N2O. The number of carbonyl (C=O) groups excluding carboxylic acids is 1. The van der Waals surface area contributed by atoms with E-state index in [2.05, 4.69) is 5.32 Å². The van der Waals surface area contributed by atoms with Gasteiger partial charge in [-0.05, 0) is 50.3 Å². The Morgan fingerprint density at radius 2 is 1.70 bits per heavy atom. The molecule has 1 amide bonds. The molecule has 0 spiro atoms. The maximum atomic E-state index is 13.2. The molecule has 128 valence electrons. The molecule has 0 bridgehead atoms. The maximum absolute atomic E-state index is 13.2. The van der Waals surface area contributed by atoms with Gasteiger partial charge in [0.25, 0.3) is 5.91 Å².